The Hall–Kier alpha value is -2.41. The van der Waals surface area contributed by atoms with E-state index in [1.807, 2.05) is 25.1 Å². The lowest BCUT2D eigenvalue weighted by Crippen LogP contribution is -2.02. The molecule has 2 rings (SSSR count). The quantitative estimate of drug-likeness (QED) is 0.893. The smallest absolute Gasteiger partial charge is 0.183 e. The van der Waals surface area contributed by atoms with E-state index in [9.17, 15) is 0 Å². The maximum Gasteiger partial charge on any atom is 0.183 e. The van der Waals surface area contributed by atoms with Gasteiger partial charge in [-0.2, -0.15) is 5.26 Å². The van der Waals surface area contributed by atoms with Crippen molar-refractivity contribution in [1.29, 1.82) is 5.26 Å². The van der Waals surface area contributed by atoms with Crippen LogP contribution in [0, 0.1) is 18.3 Å². The summed E-state index contributed by atoms with van der Waals surface area (Å²) in [5.74, 6) is 0.504. The molecule has 0 aliphatic heterocycles. The zero-order valence-corrected chi connectivity index (χ0v) is 10.4. The Morgan fingerprint density at radius 1 is 1.28 bits per heavy atom. The predicted octanol–water partition coefficient (Wildman–Crippen LogP) is 2.96. The van der Waals surface area contributed by atoms with Gasteiger partial charge in [-0.15, -0.1) is 0 Å². The van der Waals surface area contributed by atoms with Gasteiger partial charge in [-0.1, -0.05) is 25.1 Å². The maximum atomic E-state index is 9.00. The molecule has 4 nitrogen and oxygen atoms in total. The standard InChI is InChI=1S/C14H14N4/c1-3-11-6-4-5-10(2)13(11)18-14-12(9-15)16-7-8-17-14/h4-8H,3H2,1-2H3,(H,17,18). The fourth-order valence-corrected chi connectivity index (χ4v) is 1.83. The first-order valence-corrected chi connectivity index (χ1v) is 5.83. The summed E-state index contributed by atoms with van der Waals surface area (Å²) in [7, 11) is 0. The first-order chi connectivity index (χ1) is 8.76. The molecule has 18 heavy (non-hydrogen) atoms. The highest BCUT2D eigenvalue weighted by molar-refractivity contribution is 5.67. The van der Waals surface area contributed by atoms with Crippen LogP contribution >= 0.6 is 0 Å². The zero-order chi connectivity index (χ0) is 13.0. The SMILES string of the molecule is CCc1cccc(C)c1Nc1nccnc1C#N. The molecular formula is C14H14N4. The van der Waals surface area contributed by atoms with E-state index < -0.39 is 0 Å². The van der Waals surface area contributed by atoms with Crippen molar-refractivity contribution in [2.75, 3.05) is 5.32 Å². The largest absolute Gasteiger partial charge is 0.337 e. The number of hydrogen-bond acceptors (Lipinski definition) is 4. The molecule has 1 aromatic carbocycles. The number of para-hydroxylation sites is 1. The minimum Gasteiger partial charge on any atom is -0.337 e. The Labute approximate surface area is 106 Å². The van der Waals surface area contributed by atoms with Crippen molar-refractivity contribution in [3.8, 4) is 6.07 Å². The summed E-state index contributed by atoms with van der Waals surface area (Å²) in [6, 6.07) is 8.16. The second-order valence-electron chi connectivity index (χ2n) is 3.95. The van der Waals surface area contributed by atoms with Crippen LogP contribution in [0.25, 0.3) is 0 Å². The van der Waals surface area contributed by atoms with Gasteiger partial charge in [0.25, 0.3) is 0 Å². The number of hydrogen-bond donors (Lipinski definition) is 1. The fraction of sp³-hybridized carbons (Fsp3) is 0.214. The maximum absolute atomic E-state index is 9.00. The molecule has 2 aromatic rings. The van der Waals surface area contributed by atoms with Crippen molar-refractivity contribution in [1.82, 2.24) is 9.97 Å². The summed E-state index contributed by atoms with van der Waals surface area (Å²) in [5, 5.41) is 12.2. The number of nitrogens with zero attached hydrogens (tertiary/aromatic N) is 3. The van der Waals surface area contributed by atoms with Crippen LogP contribution in [0.5, 0.6) is 0 Å². The van der Waals surface area contributed by atoms with Gasteiger partial charge in [0, 0.05) is 18.1 Å². The van der Waals surface area contributed by atoms with Crippen molar-refractivity contribution < 1.29 is 0 Å². The van der Waals surface area contributed by atoms with Crippen LogP contribution in [0.1, 0.15) is 23.7 Å². The molecule has 0 fully saturated rings. The van der Waals surface area contributed by atoms with Crippen LogP contribution in [0.3, 0.4) is 0 Å². The lowest BCUT2D eigenvalue weighted by atomic mass is 10.1. The molecule has 4 heteroatoms. The molecule has 1 heterocycles. The molecule has 0 radical (unpaired) electrons. The van der Waals surface area contributed by atoms with Gasteiger partial charge in [-0.3, -0.25) is 0 Å². The third-order valence-corrected chi connectivity index (χ3v) is 2.79. The lowest BCUT2D eigenvalue weighted by molar-refractivity contribution is 1.12. The van der Waals surface area contributed by atoms with Gasteiger partial charge in [-0.25, -0.2) is 9.97 Å². The number of benzene rings is 1. The molecule has 0 saturated heterocycles. The van der Waals surface area contributed by atoms with Crippen LogP contribution in [-0.4, -0.2) is 9.97 Å². The van der Waals surface area contributed by atoms with E-state index in [4.69, 9.17) is 5.26 Å². The predicted molar refractivity (Wildman–Crippen MR) is 70.6 cm³/mol. The Morgan fingerprint density at radius 2 is 2.06 bits per heavy atom. The second-order valence-corrected chi connectivity index (χ2v) is 3.95. The number of aryl methyl sites for hydroxylation is 2. The highest BCUT2D eigenvalue weighted by atomic mass is 15.0. The number of rotatable bonds is 3. The number of nitriles is 1. The molecular weight excluding hydrogens is 224 g/mol. The fourth-order valence-electron chi connectivity index (χ4n) is 1.83. The molecule has 0 atom stereocenters. The molecule has 0 aliphatic carbocycles. The third-order valence-electron chi connectivity index (χ3n) is 2.79. The topological polar surface area (TPSA) is 61.6 Å². The van der Waals surface area contributed by atoms with Gasteiger partial charge < -0.3 is 5.32 Å². The van der Waals surface area contributed by atoms with E-state index >= 15 is 0 Å². The minimum atomic E-state index is 0.308. The van der Waals surface area contributed by atoms with Crippen molar-refractivity contribution in [3.63, 3.8) is 0 Å². The van der Waals surface area contributed by atoms with Crippen molar-refractivity contribution in [2.24, 2.45) is 0 Å². The summed E-state index contributed by atoms with van der Waals surface area (Å²) in [4.78, 5) is 8.16. The second kappa shape index (κ2) is 5.28. The van der Waals surface area contributed by atoms with Gasteiger partial charge >= 0.3 is 0 Å². The van der Waals surface area contributed by atoms with Crippen LogP contribution in [-0.2, 0) is 6.42 Å². The molecule has 0 aliphatic rings. The van der Waals surface area contributed by atoms with Gasteiger partial charge in [0.1, 0.15) is 6.07 Å². The molecule has 0 unspecified atom stereocenters. The normalized spacial score (nSPS) is 9.83. The number of aromatic nitrogens is 2. The summed E-state index contributed by atoms with van der Waals surface area (Å²) >= 11 is 0. The van der Waals surface area contributed by atoms with E-state index in [2.05, 4.69) is 28.3 Å². The zero-order valence-electron chi connectivity index (χ0n) is 10.4. The molecule has 90 valence electrons. The summed E-state index contributed by atoms with van der Waals surface area (Å²) in [5.41, 5.74) is 3.65. The number of anilines is 2. The van der Waals surface area contributed by atoms with Crippen molar-refractivity contribution in [2.45, 2.75) is 20.3 Å². The van der Waals surface area contributed by atoms with Crippen LogP contribution in [0.2, 0.25) is 0 Å². The van der Waals surface area contributed by atoms with Crippen molar-refractivity contribution >= 4 is 11.5 Å². The first-order valence-electron chi connectivity index (χ1n) is 5.83. The minimum absolute atomic E-state index is 0.308. The van der Waals surface area contributed by atoms with Gasteiger partial charge in [-0.05, 0) is 24.5 Å². The van der Waals surface area contributed by atoms with Crippen LogP contribution < -0.4 is 5.32 Å². The van der Waals surface area contributed by atoms with Gasteiger partial charge in [0.05, 0.1) is 0 Å². The number of nitrogens with one attached hydrogen (secondary N) is 1. The summed E-state index contributed by atoms with van der Waals surface area (Å²) in [6.45, 7) is 4.13. The van der Waals surface area contributed by atoms with Gasteiger partial charge in [0.2, 0.25) is 0 Å². The molecule has 0 spiro atoms. The third kappa shape index (κ3) is 2.30. The Bertz CT molecular complexity index is 599. The monoisotopic (exact) mass is 238 g/mol. The Morgan fingerprint density at radius 3 is 2.78 bits per heavy atom. The van der Waals surface area contributed by atoms with E-state index in [1.165, 1.54) is 11.8 Å². The molecule has 0 bridgehead atoms. The molecule has 1 aromatic heterocycles. The molecule has 0 amide bonds. The van der Waals surface area contributed by atoms with Crippen LogP contribution in [0.15, 0.2) is 30.6 Å². The molecule has 0 saturated carbocycles. The Balaban J connectivity index is 2.43. The summed E-state index contributed by atoms with van der Waals surface area (Å²) in [6.07, 6.45) is 4.02. The van der Waals surface area contributed by atoms with E-state index in [0.717, 1.165) is 17.7 Å². The van der Waals surface area contributed by atoms with E-state index in [0.29, 0.717) is 11.5 Å². The van der Waals surface area contributed by atoms with E-state index in [1.54, 1.807) is 6.20 Å². The van der Waals surface area contributed by atoms with Crippen LogP contribution in [0.4, 0.5) is 11.5 Å². The first kappa shape index (κ1) is 12.1. The average molecular weight is 238 g/mol. The van der Waals surface area contributed by atoms with E-state index in [-0.39, 0.29) is 0 Å². The van der Waals surface area contributed by atoms with Gasteiger partial charge in [0.15, 0.2) is 11.5 Å². The Kier molecular flexibility index (Phi) is 3.54. The average Bonchev–Trinajstić information content (AvgIpc) is 2.41. The highest BCUT2D eigenvalue weighted by Gasteiger charge is 2.08. The van der Waals surface area contributed by atoms with Crippen molar-refractivity contribution in [3.05, 3.63) is 47.4 Å². The molecule has 1 N–H and O–H groups in total. The highest BCUT2D eigenvalue weighted by Crippen LogP contribution is 2.25. The summed E-state index contributed by atoms with van der Waals surface area (Å²) < 4.78 is 0. The lowest BCUT2D eigenvalue weighted by Gasteiger charge is -2.13.